The molecule has 1 aromatic rings. The van der Waals surface area contributed by atoms with Crippen molar-refractivity contribution >= 4 is 11.7 Å². The number of hydrogen-bond acceptors (Lipinski definition) is 5. The molecule has 0 unspecified atom stereocenters. The molecule has 25 heavy (non-hydrogen) atoms. The number of nitrogens with zero attached hydrogens (tertiary/aromatic N) is 2. The van der Waals surface area contributed by atoms with Gasteiger partial charge in [-0.3, -0.25) is 19.8 Å². The number of carboxylic acids is 1. The van der Waals surface area contributed by atoms with Gasteiger partial charge in [0, 0.05) is 37.3 Å². The molecule has 1 N–H and O–H groups in total. The molecule has 7 nitrogen and oxygen atoms in total. The molecule has 10 heteroatoms. The third kappa shape index (κ3) is 4.38. The fourth-order valence-corrected chi connectivity index (χ4v) is 2.94. The Hall–Kier alpha value is -2.36. The van der Waals surface area contributed by atoms with Gasteiger partial charge in [0.05, 0.1) is 23.4 Å². The van der Waals surface area contributed by atoms with Crippen LogP contribution in [0, 0.1) is 22.0 Å². The zero-order valence-corrected chi connectivity index (χ0v) is 13.3. The molecule has 138 valence electrons. The second-order valence-corrected chi connectivity index (χ2v) is 5.77. The standard InChI is InChI=1S/C15H17F3N2O5/c1-2-25-13-4-3-10(20(23)24)5-9(13)6-19-7-11(14(21)22)12(8-19)15(16,17)18/h3-5,11-12H,2,6-8H2,1H3,(H,21,22)/t11-,12-/m1/s1. The Morgan fingerprint density at radius 1 is 1.44 bits per heavy atom. The van der Waals surface area contributed by atoms with Gasteiger partial charge in [0.1, 0.15) is 5.75 Å². The molecule has 0 aromatic heterocycles. The SMILES string of the molecule is CCOc1ccc([N+](=O)[O-])cc1CN1C[C@@H](C(F)(F)F)[C@H](C(=O)O)C1. The van der Waals surface area contributed by atoms with Crippen LogP contribution < -0.4 is 4.74 Å². The smallest absolute Gasteiger partial charge is 0.393 e. The molecule has 1 saturated heterocycles. The lowest BCUT2D eigenvalue weighted by Gasteiger charge is -2.19. The van der Waals surface area contributed by atoms with E-state index in [0.717, 1.165) is 0 Å². The van der Waals surface area contributed by atoms with E-state index in [4.69, 9.17) is 9.84 Å². The Kier molecular flexibility index (Phi) is 5.51. The van der Waals surface area contributed by atoms with Crippen molar-refractivity contribution in [1.29, 1.82) is 0 Å². The van der Waals surface area contributed by atoms with E-state index in [1.54, 1.807) is 6.92 Å². The highest BCUT2D eigenvalue weighted by Gasteiger charge is 2.52. The Morgan fingerprint density at radius 2 is 2.12 bits per heavy atom. The quantitative estimate of drug-likeness (QED) is 0.618. The summed E-state index contributed by atoms with van der Waals surface area (Å²) in [5, 5.41) is 20.0. The molecule has 1 aliphatic heterocycles. The van der Waals surface area contributed by atoms with Crippen molar-refractivity contribution in [3.63, 3.8) is 0 Å². The van der Waals surface area contributed by atoms with Crippen molar-refractivity contribution in [2.24, 2.45) is 11.8 Å². The molecule has 0 spiro atoms. The highest BCUT2D eigenvalue weighted by atomic mass is 19.4. The number of alkyl halides is 3. The lowest BCUT2D eigenvalue weighted by Crippen LogP contribution is -2.33. The Labute approximate surface area is 141 Å². The first-order chi connectivity index (χ1) is 11.6. The number of rotatable bonds is 6. The average molecular weight is 362 g/mol. The molecule has 1 heterocycles. The van der Waals surface area contributed by atoms with Crippen LogP contribution in [0.3, 0.4) is 0 Å². The van der Waals surface area contributed by atoms with Crippen LogP contribution in [0.5, 0.6) is 5.75 Å². The fourth-order valence-electron chi connectivity index (χ4n) is 2.94. The number of likely N-dealkylation sites (tertiary alicyclic amines) is 1. The maximum absolute atomic E-state index is 13.0. The van der Waals surface area contributed by atoms with E-state index in [1.165, 1.54) is 23.1 Å². The molecule has 0 amide bonds. The van der Waals surface area contributed by atoms with Crippen molar-refractivity contribution in [3.8, 4) is 5.75 Å². The van der Waals surface area contributed by atoms with Gasteiger partial charge in [-0.05, 0) is 13.0 Å². The minimum atomic E-state index is -4.62. The Bertz CT molecular complexity index is 665. The molecule has 0 bridgehead atoms. The molecule has 1 fully saturated rings. The van der Waals surface area contributed by atoms with E-state index < -0.39 is 35.4 Å². The highest BCUT2D eigenvalue weighted by Crippen LogP contribution is 2.39. The fraction of sp³-hybridized carbons (Fsp3) is 0.533. The van der Waals surface area contributed by atoms with Crippen LogP contribution in [-0.2, 0) is 11.3 Å². The van der Waals surface area contributed by atoms with Crippen LogP contribution in [0.25, 0.3) is 0 Å². The second-order valence-electron chi connectivity index (χ2n) is 5.77. The zero-order chi connectivity index (χ0) is 18.8. The molecule has 0 saturated carbocycles. The third-order valence-corrected chi connectivity index (χ3v) is 4.08. The number of non-ortho nitro benzene ring substituents is 1. The summed E-state index contributed by atoms with van der Waals surface area (Å²) in [6.45, 7) is 1.17. The number of nitro groups is 1. The van der Waals surface area contributed by atoms with Crippen molar-refractivity contribution in [3.05, 3.63) is 33.9 Å². The molecular formula is C15H17F3N2O5. The second kappa shape index (κ2) is 7.26. The van der Waals surface area contributed by atoms with Crippen LogP contribution in [0.2, 0.25) is 0 Å². The summed E-state index contributed by atoms with van der Waals surface area (Å²) in [4.78, 5) is 22.8. The van der Waals surface area contributed by atoms with Crippen LogP contribution in [-0.4, -0.2) is 46.8 Å². The maximum Gasteiger partial charge on any atom is 0.393 e. The van der Waals surface area contributed by atoms with Crippen molar-refractivity contribution in [2.45, 2.75) is 19.6 Å². The van der Waals surface area contributed by atoms with E-state index in [2.05, 4.69) is 0 Å². The van der Waals surface area contributed by atoms with E-state index in [9.17, 15) is 28.1 Å². The maximum atomic E-state index is 13.0. The molecule has 2 atom stereocenters. The lowest BCUT2D eigenvalue weighted by molar-refractivity contribution is -0.385. The van der Waals surface area contributed by atoms with Crippen molar-refractivity contribution in [1.82, 2.24) is 4.90 Å². The van der Waals surface area contributed by atoms with Crippen LogP contribution >= 0.6 is 0 Å². The number of carbonyl (C=O) groups is 1. The summed E-state index contributed by atoms with van der Waals surface area (Å²) in [5.74, 6) is -4.71. The Balaban J connectivity index is 2.25. The first-order valence-corrected chi connectivity index (χ1v) is 7.55. The van der Waals surface area contributed by atoms with E-state index in [1.807, 2.05) is 0 Å². The summed E-state index contributed by atoms with van der Waals surface area (Å²) < 4.78 is 44.5. The van der Waals surface area contributed by atoms with E-state index >= 15 is 0 Å². The third-order valence-electron chi connectivity index (χ3n) is 4.08. The molecule has 1 aromatic carbocycles. The van der Waals surface area contributed by atoms with Gasteiger partial charge < -0.3 is 9.84 Å². The normalized spacial score (nSPS) is 21.3. The van der Waals surface area contributed by atoms with E-state index in [-0.39, 0.29) is 25.4 Å². The molecule has 0 aliphatic carbocycles. The predicted octanol–water partition coefficient (Wildman–Crippen LogP) is 2.69. The van der Waals surface area contributed by atoms with Gasteiger partial charge in [0.15, 0.2) is 0 Å². The number of ether oxygens (including phenoxy) is 1. The predicted molar refractivity (Wildman–Crippen MR) is 80.2 cm³/mol. The number of halogens is 3. The van der Waals surface area contributed by atoms with Crippen LogP contribution in [0.1, 0.15) is 12.5 Å². The van der Waals surface area contributed by atoms with Gasteiger partial charge in [-0.2, -0.15) is 13.2 Å². The number of hydrogen-bond donors (Lipinski definition) is 1. The van der Waals surface area contributed by atoms with Gasteiger partial charge >= 0.3 is 12.1 Å². The van der Waals surface area contributed by atoms with E-state index in [0.29, 0.717) is 11.3 Å². The van der Waals surface area contributed by atoms with Crippen molar-refractivity contribution in [2.75, 3.05) is 19.7 Å². The number of carboxylic acid groups (broad SMARTS) is 1. The highest BCUT2D eigenvalue weighted by molar-refractivity contribution is 5.71. The monoisotopic (exact) mass is 362 g/mol. The minimum absolute atomic E-state index is 0.0621. The first-order valence-electron chi connectivity index (χ1n) is 7.55. The molecule has 1 aliphatic rings. The number of benzene rings is 1. The molecular weight excluding hydrogens is 345 g/mol. The average Bonchev–Trinajstić information content (AvgIpc) is 2.93. The number of aliphatic carboxylic acids is 1. The largest absolute Gasteiger partial charge is 0.494 e. The summed E-state index contributed by atoms with van der Waals surface area (Å²) in [6.07, 6.45) is -4.62. The van der Waals surface area contributed by atoms with Crippen molar-refractivity contribution < 1.29 is 32.7 Å². The topological polar surface area (TPSA) is 92.9 Å². The van der Waals surface area contributed by atoms with Gasteiger partial charge in [-0.25, -0.2) is 0 Å². The molecule has 2 rings (SSSR count). The van der Waals surface area contributed by atoms with Gasteiger partial charge in [0.2, 0.25) is 0 Å². The minimum Gasteiger partial charge on any atom is -0.494 e. The lowest BCUT2D eigenvalue weighted by atomic mass is 9.96. The summed E-state index contributed by atoms with van der Waals surface area (Å²) >= 11 is 0. The van der Waals surface area contributed by atoms with Crippen LogP contribution in [0.15, 0.2) is 18.2 Å². The number of nitro benzene ring substituents is 1. The van der Waals surface area contributed by atoms with Gasteiger partial charge in [-0.15, -0.1) is 0 Å². The zero-order valence-electron chi connectivity index (χ0n) is 13.3. The van der Waals surface area contributed by atoms with Gasteiger partial charge in [0.25, 0.3) is 5.69 Å². The Morgan fingerprint density at radius 3 is 2.60 bits per heavy atom. The first kappa shape index (κ1) is 19.0. The summed E-state index contributed by atoms with van der Waals surface area (Å²) in [5.41, 5.74) is 0.141. The summed E-state index contributed by atoms with van der Waals surface area (Å²) in [6, 6.07) is 3.88. The van der Waals surface area contributed by atoms with Crippen LogP contribution in [0.4, 0.5) is 18.9 Å². The van der Waals surface area contributed by atoms with Gasteiger partial charge in [-0.1, -0.05) is 0 Å². The molecule has 0 radical (unpaired) electrons. The summed E-state index contributed by atoms with van der Waals surface area (Å²) in [7, 11) is 0.